The fourth-order valence-electron chi connectivity index (χ4n) is 2.11. The Morgan fingerprint density at radius 3 is 3.06 bits per heavy atom. The number of hydrogen-bond acceptors (Lipinski definition) is 4. The van der Waals surface area contributed by atoms with Crippen LogP contribution >= 0.6 is 0 Å². The quantitative estimate of drug-likeness (QED) is 0.778. The third kappa shape index (κ3) is 1.51. The SMILES string of the molecule is CN1CCOc2c(-c3cn[nH]c3N)cccc21. The van der Waals surface area contributed by atoms with Gasteiger partial charge in [0.2, 0.25) is 0 Å². The van der Waals surface area contributed by atoms with E-state index in [1.807, 2.05) is 18.2 Å². The number of likely N-dealkylation sites (N-methyl/N-ethyl adjacent to an activating group) is 1. The normalized spacial score (nSPS) is 14.3. The second-order valence-corrected chi connectivity index (χ2v) is 4.12. The Kier molecular flexibility index (Phi) is 2.18. The number of nitrogens with zero attached hydrogens (tertiary/aromatic N) is 2. The van der Waals surface area contributed by atoms with Gasteiger partial charge in [-0.25, -0.2) is 0 Å². The smallest absolute Gasteiger partial charge is 0.150 e. The average Bonchev–Trinajstić information content (AvgIpc) is 2.75. The van der Waals surface area contributed by atoms with Crippen LogP contribution in [0.2, 0.25) is 0 Å². The first-order chi connectivity index (χ1) is 8.27. The number of anilines is 2. The first-order valence-electron chi connectivity index (χ1n) is 5.53. The molecule has 1 aromatic carbocycles. The predicted molar refractivity (Wildman–Crippen MR) is 67.2 cm³/mol. The molecule has 0 unspecified atom stereocenters. The summed E-state index contributed by atoms with van der Waals surface area (Å²) in [7, 11) is 2.06. The Hall–Kier alpha value is -2.17. The number of aromatic amines is 1. The zero-order valence-electron chi connectivity index (χ0n) is 9.60. The van der Waals surface area contributed by atoms with Gasteiger partial charge in [0.15, 0.2) is 5.75 Å². The summed E-state index contributed by atoms with van der Waals surface area (Å²) >= 11 is 0. The maximum atomic E-state index is 5.85. The van der Waals surface area contributed by atoms with Crippen LogP contribution in [0.15, 0.2) is 24.4 Å². The zero-order chi connectivity index (χ0) is 11.8. The molecule has 1 aromatic heterocycles. The van der Waals surface area contributed by atoms with Crippen molar-refractivity contribution in [2.45, 2.75) is 0 Å². The van der Waals surface area contributed by atoms with Crippen LogP contribution in [-0.2, 0) is 0 Å². The molecule has 0 saturated carbocycles. The van der Waals surface area contributed by atoms with E-state index in [2.05, 4.69) is 22.1 Å². The van der Waals surface area contributed by atoms with Crippen LogP contribution in [-0.4, -0.2) is 30.4 Å². The summed E-state index contributed by atoms with van der Waals surface area (Å²) < 4.78 is 5.76. The molecule has 0 radical (unpaired) electrons. The van der Waals surface area contributed by atoms with Gasteiger partial charge in [-0.15, -0.1) is 0 Å². The van der Waals surface area contributed by atoms with Gasteiger partial charge in [0.25, 0.3) is 0 Å². The Morgan fingerprint density at radius 1 is 1.41 bits per heavy atom. The number of fused-ring (bicyclic) bond motifs is 1. The van der Waals surface area contributed by atoms with Gasteiger partial charge >= 0.3 is 0 Å². The van der Waals surface area contributed by atoms with Crippen LogP contribution in [0, 0.1) is 0 Å². The molecule has 0 atom stereocenters. The first kappa shape index (κ1) is 10.0. The summed E-state index contributed by atoms with van der Waals surface area (Å²) in [5, 5.41) is 6.69. The second kappa shape index (κ2) is 3.69. The highest BCUT2D eigenvalue weighted by Crippen LogP contribution is 2.41. The fraction of sp³-hybridized carbons (Fsp3) is 0.250. The van der Waals surface area contributed by atoms with Crippen molar-refractivity contribution in [1.82, 2.24) is 10.2 Å². The van der Waals surface area contributed by atoms with Crippen molar-refractivity contribution < 1.29 is 4.74 Å². The number of nitrogen functional groups attached to an aromatic ring is 1. The third-order valence-electron chi connectivity index (χ3n) is 3.04. The molecule has 2 aromatic rings. The molecule has 5 heteroatoms. The minimum atomic E-state index is 0.565. The lowest BCUT2D eigenvalue weighted by atomic mass is 10.1. The number of aromatic nitrogens is 2. The van der Waals surface area contributed by atoms with E-state index >= 15 is 0 Å². The van der Waals surface area contributed by atoms with E-state index in [4.69, 9.17) is 10.5 Å². The van der Waals surface area contributed by atoms with Crippen LogP contribution < -0.4 is 15.4 Å². The van der Waals surface area contributed by atoms with Gasteiger partial charge in [-0.1, -0.05) is 12.1 Å². The molecule has 1 aliphatic heterocycles. The molecule has 2 heterocycles. The van der Waals surface area contributed by atoms with Crippen LogP contribution in [0.25, 0.3) is 11.1 Å². The van der Waals surface area contributed by atoms with E-state index in [1.54, 1.807) is 6.20 Å². The van der Waals surface area contributed by atoms with Gasteiger partial charge in [0.1, 0.15) is 12.4 Å². The highest BCUT2D eigenvalue weighted by atomic mass is 16.5. The highest BCUT2D eigenvalue weighted by molar-refractivity contribution is 5.83. The standard InChI is InChI=1S/C12H14N4O/c1-16-5-6-17-11-8(3-2-4-10(11)16)9-7-14-15-12(9)13/h2-4,7H,5-6H2,1H3,(H3,13,14,15). The molecule has 0 bridgehead atoms. The van der Waals surface area contributed by atoms with Crippen molar-refractivity contribution in [2.24, 2.45) is 0 Å². The Bertz CT molecular complexity index is 549. The van der Waals surface area contributed by atoms with Crippen molar-refractivity contribution in [2.75, 3.05) is 30.8 Å². The lowest BCUT2D eigenvalue weighted by molar-refractivity contribution is 0.312. The monoisotopic (exact) mass is 230 g/mol. The number of benzene rings is 1. The number of rotatable bonds is 1. The molecule has 17 heavy (non-hydrogen) atoms. The average molecular weight is 230 g/mol. The number of para-hydroxylation sites is 1. The van der Waals surface area contributed by atoms with E-state index in [-0.39, 0.29) is 0 Å². The van der Waals surface area contributed by atoms with Gasteiger partial charge in [0.05, 0.1) is 18.4 Å². The number of nitrogens with one attached hydrogen (secondary N) is 1. The fourth-order valence-corrected chi connectivity index (χ4v) is 2.11. The molecule has 0 amide bonds. The lowest BCUT2D eigenvalue weighted by Crippen LogP contribution is -2.28. The van der Waals surface area contributed by atoms with Crippen LogP contribution in [0.1, 0.15) is 0 Å². The number of H-pyrrole nitrogens is 1. The lowest BCUT2D eigenvalue weighted by Gasteiger charge is -2.29. The molecule has 3 N–H and O–H groups in total. The molecule has 0 saturated heterocycles. The molecular formula is C12H14N4O. The number of hydrogen-bond donors (Lipinski definition) is 2. The van der Waals surface area contributed by atoms with Crippen molar-refractivity contribution in [3.63, 3.8) is 0 Å². The molecule has 3 rings (SSSR count). The van der Waals surface area contributed by atoms with Crippen LogP contribution in [0.5, 0.6) is 5.75 Å². The largest absolute Gasteiger partial charge is 0.489 e. The molecule has 0 spiro atoms. The summed E-state index contributed by atoms with van der Waals surface area (Å²) in [6, 6.07) is 6.05. The van der Waals surface area contributed by atoms with Crippen LogP contribution in [0.3, 0.4) is 0 Å². The van der Waals surface area contributed by atoms with E-state index < -0.39 is 0 Å². The summed E-state index contributed by atoms with van der Waals surface area (Å²) in [6.07, 6.45) is 1.73. The van der Waals surface area contributed by atoms with Crippen molar-refractivity contribution >= 4 is 11.5 Å². The minimum Gasteiger partial charge on any atom is -0.489 e. The first-order valence-corrected chi connectivity index (χ1v) is 5.53. The van der Waals surface area contributed by atoms with Gasteiger partial charge in [0, 0.05) is 18.2 Å². The molecule has 88 valence electrons. The molecule has 5 nitrogen and oxygen atoms in total. The third-order valence-corrected chi connectivity index (χ3v) is 3.04. The minimum absolute atomic E-state index is 0.565. The van der Waals surface area contributed by atoms with E-state index in [0.717, 1.165) is 29.1 Å². The van der Waals surface area contributed by atoms with E-state index in [0.29, 0.717) is 12.4 Å². The maximum absolute atomic E-state index is 5.85. The highest BCUT2D eigenvalue weighted by Gasteiger charge is 2.20. The van der Waals surface area contributed by atoms with Gasteiger partial charge in [-0.2, -0.15) is 5.10 Å². The number of nitrogens with two attached hydrogens (primary N) is 1. The van der Waals surface area contributed by atoms with E-state index in [1.165, 1.54) is 0 Å². The molecule has 0 aliphatic carbocycles. The Balaban J connectivity index is 2.19. The molecule has 1 aliphatic rings. The van der Waals surface area contributed by atoms with Crippen molar-refractivity contribution in [1.29, 1.82) is 0 Å². The van der Waals surface area contributed by atoms with Crippen molar-refractivity contribution in [3.05, 3.63) is 24.4 Å². The van der Waals surface area contributed by atoms with Crippen LogP contribution in [0.4, 0.5) is 11.5 Å². The maximum Gasteiger partial charge on any atom is 0.150 e. The number of ether oxygens (including phenoxy) is 1. The van der Waals surface area contributed by atoms with Gasteiger partial charge < -0.3 is 15.4 Å². The summed E-state index contributed by atoms with van der Waals surface area (Å²) in [4.78, 5) is 2.18. The summed E-state index contributed by atoms with van der Waals surface area (Å²) in [6.45, 7) is 1.59. The van der Waals surface area contributed by atoms with Crippen molar-refractivity contribution in [3.8, 4) is 16.9 Å². The molecule has 0 fully saturated rings. The summed E-state index contributed by atoms with van der Waals surface area (Å²) in [5.41, 5.74) is 8.82. The molecular weight excluding hydrogens is 216 g/mol. The Morgan fingerprint density at radius 2 is 2.29 bits per heavy atom. The topological polar surface area (TPSA) is 67.2 Å². The summed E-state index contributed by atoms with van der Waals surface area (Å²) in [5.74, 6) is 1.45. The van der Waals surface area contributed by atoms with Gasteiger partial charge in [-0.3, -0.25) is 5.10 Å². The van der Waals surface area contributed by atoms with Gasteiger partial charge in [-0.05, 0) is 6.07 Å². The zero-order valence-corrected chi connectivity index (χ0v) is 9.60. The second-order valence-electron chi connectivity index (χ2n) is 4.12. The predicted octanol–water partition coefficient (Wildman–Crippen LogP) is 1.49. The Labute approximate surface area is 99.2 Å². The van der Waals surface area contributed by atoms with E-state index in [9.17, 15) is 0 Å².